The second-order valence-electron chi connectivity index (χ2n) is 5.63. The van der Waals surface area contributed by atoms with Crippen LogP contribution >= 0.6 is 0 Å². The minimum absolute atomic E-state index is 0.558. The Morgan fingerprint density at radius 2 is 1.46 bits per heavy atom. The van der Waals surface area contributed by atoms with Gasteiger partial charge in [0.25, 0.3) is 0 Å². The molecule has 6 heteroatoms. The van der Waals surface area contributed by atoms with Gasteiger partial charge < -0.3 is 19.8 Å². The van der Waals surface area contributed by atoms with Crippen LogP contribution in [0, 0.1) is 0 Å². The fourth-order valence-corrected chi connectivity index (χ4v) is 1.99. The Balaban J connectivity index is 0.000000359. The molecule has 138 valence electrons. The van der Waals surface area contributed by atoms with Crippen LogP contribution in [0.15, 0.2) is 66.7 Å². The second-order valence-corrected chi connectivity index (χ2v) is 5.63. The van der Waals surface area contributed by atoms with Crippen LogP contribution in [0.1, 0.15) is 11.1 Å². The van der Waals surface area contributed by atoms with Gasteiger partial charge in [0, 0.05) is 24.3 Å². The van der Waals surface area contributed by atoms with E-state index in [2.05, 4.69) is 37.2 Å². The Kier molecular flexibility index (Phi) is 9.20. The van der Waals surface area contributed by atoms with Crippen LogP contribution in [0.3, 0.4) is 0 Å². The largest absolute Gasteiger partial charge is 0.489 e. The molecular weight excluding hydrogens is 334 g/mol. The number of para-hydroxylation sites is 1. The monoisotopic (exact) mass is 357 g/mol. The van der Waals surface area contributed by atoms with Gasteiger partial charge in [0.05, 0.1) is 0 Å². The first-order chi connectivity index (χ1) is 12.4. The molecule has 0 atom stereocenters. The highest BCUT2D eigenvalue weighted by Crippen LogP contribution is 2.20. The zero-order valence-corrected chi connectivity index (χ0v) is 14.8. The SMILES string of the molecule is CN(C)Cc1ccccc1OCc1ccccc1.O=C(O)/C=C\C(=O)O. The summed E-state index contributed by atoms with van der Waals surface area (Å²) in [7, 11) is 4.13. The summed E-state index contributed by atoms with van der Waals surface area (Å²) < 4.78 is 5.90. The fourth-order valence-electron chi connectivity index (χ4n) is 1.99. The number of ether oxygens (including phenoxy) is 1. The molecule has 0 saturated heterocycles. The number of benzene rings is 2. The lowest BCUT2D eigenvalue weighted by Crippen LogP contribution is -2.11. The normalized spacial score (nSPS) is 10.3. The Morgan fingerprint density at radius 3 is 2.00 bits per heavy atom. The summed E-state index contributed by atoms with van der Waals surface area (Å²) in [4.78, 5) is 21.3. The topological polar surface area (TPSA) is 87.1 Å². The van der Waals surface area contributed by atoms with Gasteiger partial charge in [-0.1, -0.05) is 48.5 Å². The molecule has 0 spiro atoms. The van der Waals surface area contributed by atoms with E-state index in [9.17, 15) is 9.59 Å². The summed E-state index contributed by atoms with van der Waals surface area (Å²) in [5.41, 5.74) is 2.41. The molecule has 0 saturated carbocycles. The van der Waals surface area contributed by atoms with Crippen LogP contribution < -0.4 is 4.74 Å². The smallest absolute Gasteiger partial charge is 0.328 e. The van der Waals surface area contributed by atoms with E-state index in [4.69, 9.17) is 14.9 Å². The molecule has 0 aliphatic heterocycles. The molecule has 0 aromatic heterocycles. The van der Waals surface area contributed by atoms with Crippen molar-refractivity contribution < 1.29 is 24.5 Å². The lowest BCUT2D eigenvalue weighted by molar-refractivity contribution is -0.134. The summed E-state index contributed by atoms with van der Waals surface area (Å²) in [5.74, 6) is -1.55. The van der Waals surface area contributed by atoms with E-state index in [1.165, 1.54) is 11.1 Å². The maximum Gasteiger partial charge on any atom is 0.328 e. The first-order valence-corrected chi connectivity index (χ1v) is 7.91. The average Bonchev–Trinajstić information content (AvgIpc) is 2.60. The van der Waals surface area contributed by atoms with Crippen LogP contribution in [0.2, 0.25) is 0 Å². The van der Waals surface area contributed by atoms with Crippen molar-refractivity contribution in [1.82, 2.24) is 4.90 Å². The van der Waals surface area contributed by atoms with E-state index < -0.39 is 11.9 Å². The minimum Gasteiger partial charge on any atom is -0.489 e. The highest BCUT2D eigenvalue weighted by molar-refractivity contribution is 5.89. The molecule has 2 aromatic carbocycles. The van der Waals surface area contributed by atoms with Gasteiger partial charge in [0.15, 0.2) is 0 Å². The van der Waals surface area contributed by atoms with Crippen LogP contribution in [0.25, 0.3) is 0 Å². The maximum absolute atomic E-state index is 9.55. The summed E-state index contributed by atoms with van der Waals surface area (Å²) >= 11 is 0. The Labute approximate surface area is 153 Å². The zero-order chi connectivity index (χ0) is 19.4. The van der Waals surface area contributed by atoms with Gasteiger partial charge in [-0.05, 0) is 25.7 Å². The predicted octanol–water partition coefficient (Wildman–Crippen LogP) is 3.04. The Bertz CT molecular complexity index is 710. The lowest BCUT2D eigenvalue weighted by atomic mass is 10.2. The number of hydrogen-bond donors (Lipinski definition) is 2. The molecule has 0 unspecified atom stereocenters. The lowest BCUT2D eigenvalue weighted by Gasteiger charge is -2.14. The molecular formula is C20H23NO5. The third-order valence-corrected chi connectivity index (χ3v) is 3.06. The van der Waals surface area contributed by atoms with E-state index in [1.807, 2.05) is 36.4 Å². The molecule has 0 radical (unpaired) electrons. The van der Waals surface area contributed by atoms with Crippen molar-refractivity contribution in [2.24, 2.45) is 0 Å². The zero-order valence-electron chi connectivity index (χ0n) is 14.8. The molecule has 2 rings (SSSR count). The molecule has 0 amide bonds. The highest BCUT2D eigenvalue weighted by atomic mass is 16.5. The van der Waals surface area contributed by atoms with E-state index in [0.29, 0.717) is 18.8 Å². The van der Waals surface area contributed by atoms with Crippen molar-refractivity contribution in [2.75, 3.05) is 14.1 Å². The molecule has 0 aliphatic carbocycles. The van der Waals surface area contributed by atoms with Gasteiger partial charge in [-0.25, -0.2) is 9.59 Å². The van der Waals surface area contributed by atoms with Gasteiger partial charge in [0.1, 0.15) is 12.4 Å². The van der Waals surface area contributed by atoms with Crippen molar-refractivity contribution in [2.45, 2.75) is 13.2 Å². The molecule has 2 N–H and O–H groups in total. The summed E-state index contributed by atoms with van der Waals surface area (Å²) in [5, 5.41) is 15.6. The molecule has 0 bridgehead atoms. The number of nitrogens with zero attached hydrogens (tertiary/aromatic N) is 1. The summed E-state index contributed by atoms with van der Waals surface area (Å²) in [6.07, 6.45) is 1.12. The third kappa shape index (κ3) is 9.24. The second kappa shape index (κ2) is 11.4. The molecule has 6 nitrogen and oxygen atoms in total. The summed E-state index contributed by atoms with van der Waals surface area (Å²) in [6, 6.07) is 18.4. The van der Waals surface area contributed by atoms with Crippen LogP contribution in [-0.4, -0.2) is 41.1 Å². The number of hydrogen-bond acceptors (Lipinski definition) is 4. The molecule has 0 heterocycles. The molecule has 2 aromatic rings. The number of aliphatic carboxylic acids is 2. The van der Waals surface area contributed by atoms with Crippen molar-refractivity contribution >= 4 is 11.9 Å². The first kappa shape index (κ1) is 20.9. The van der Waals surface area contributed by atoms with Gasteiger partial charge in [-0.15, -0.1) is 0 Å². The highest BCUT2D eigenvalue weighted by Gasteiger charge is 2.04. The van der Waals surface area contributed by atoms with Crippen molar-refractivity contribution in [3.8, 4) is 5.75 Å². The van der Waals surface area contributed by atoms with Crippen molar-refractivity contribution in [1.29, 1.82) is 0 Å². The van der Waals surface area contributed by atoms with E-state index >= 15 is 0 Å². The van der Waals surface area contributed by atoms with Crippen LogP contribution in [-0.2, 0) is 22.7 Å². The molecule has 0 aliphatic rings. The van der Waals surface area contributed by atoms with Crippen molar-refractivity contribution in [3.05, 3.63) is 77.9 Å². The Morgan fingerprint density at radius 1 is 0.923 bits per heavy atom. The van der Waals surface area contributed by atoms with Gasteiger partial charge in [-0.3, -0.25) is 0 Å². The van der Waals surface area contributed by atoms with Gasteiger partial charge in [0.2, 0.25) is 0 Å². The minimum atomic E-state index is -1.26. The van der Waals surface area contributed by atoms with E-state index in [-0.39, 0.29) is 0 Å². The Hall–Kier alpha value is -3.12. The maximum atomic E-state index is 9.55. The average molecular weight is 357 g/mol. The molecule has 0 fully saturated rings. The third-order valence-electron chi connectivity index (χ3n) is 3.06. The first-order valence-electron chi connectivity index (χ1n) is 7.91. The fraction of sp³-hybridized carbons (Fsp3) is 0.200. The number of rotatable bonds is 7. The van der Waals surface area contributed by atoms with Gasteiger partial charge in [-0.2, -0.15) is 0 Å². The number of carbonyl (C=O) groups is 2. The molecule has 26 heavy (non-hydrogen) atoms. The van der Waals surface area contributed by atoms with Crippen molar-refractivity contribution in [3.63, 3.8) is 0 Å². The van der Waals surface area contributed by atoms with Crippen LogP contribution in [0.5, 0.6) is 5.75 Å². The number of carboxylic acids is 2. The standard InChI is InChI=1S/C16H19NO.C4H4O4/c1-17(2)12-15-10-6-7-11-16(15)18-13-14-8-4-3-5-9-14;5-3(6)1-2-4(7)8/h3-11H,12-13H2,1-2H3;1-2H,(H,5,6)(H,7,8)/b;2-1-. The summed E-state index contributed by atoms with van der Waals surface area (Å²) in [6.45, 7) is 1.51. The van der Waals surface area contributed by atoms with E-state index in [0.717, 1.165) is 12.3 Å². The predicted molar refractivity (Wildman–Crippen MR) is 99.0 cm³/mol. The number of carboxylic acid groups (broad SMARTS) is 2. The van der Waals surface area contributed by atoms with E-state index in [1.54, 1.807) is 0 Å². The quantitative estimate of drug-likeness (QED) is 0.741. The van der Waals surface area contributed by atoms with Gasteiger partial charge >= 0.3 is 11.9 Å². The van der Waals surface area contributed by atoms with Crippen LogP contribution in [0.4, 0.5) is 0 Å².